The van der Waals surface area contributed by atoms with Crippen molar-refractivity contribution in [1.82, 2.24) is 24.6 Å². The zero-order chi connectivity index (χ0) is 13.0. The second-order valence-corrected chi connectivity index (χ2v) is 4.43. The number of piperazine rings is 1. The highest BCUT2D eigenvalue weighted by Gasteiger charge is 2.31. The van der Waals surface area contributed by atoms with E-state index in [1.165, 1.54) is 4.90 Å². The number of hydrogen-bond donors (Lipinski definition) is 0. The number of halogens is 3. The SMILES string of the molecule is FC(F)(F)CN1CCN(CCn2cnnc2)CC1. The highest BCUT2D eigenvalue weighted by Crippen LogP contribution is 2.17. The maximum absolute atomic E-state index is 12.2. The van der Waals surface area contributed by atoms with Gasteiger partial charge < -0.3 is 4.57 Å². The predicted octanol–water partition coefficient (Wildman–Crippen LogP) is 0.458. The van der Waals surface area contributed by atoms with Crippen LogP contribution in [0.2, 0.25) is 0 Å². The topological polar surface area (TPSA) is 37.2 Å². The van der Waals surface area contributed by atoms with Crippen LogP contribution >= 0.6 is 0 Å². The molecular formula is C10H16F3N5. The lowest BCUT2D eigenvalue weighted by Crippen LogP contribution is -2.49. The van der Waals surface area contributed by atoms with Crippen LogP contribution in [0.3, 0.4) is 0 Å². The summed E-state index contributed by atoms with van der Waals surface area (Å²) in [5, 5.41) is 7.40. The monoisotopic (exact) mass is 263 g/mol. The molecule has 0 atom stereocenters. The van der Waals surface area contributed by atoms with Crippen LogP contribution < -0.4 is 0 Å². The van der Waals surface area contributed by atoms with Gasteiger partial charge >= 0.3 is 6.18 Å². The van der Waals surface area contributed by atoms with Crippen molar-refractivity contribution >= 4 is 0 Å². The maximum Gasteiger partial charge on any atom is 0.401 e. The third-order valence-corrected chi connectivity index (χ3v) is 3.01. The quantitative estimate of drug-likeness (QED) is 0.791. The summed E-state index contributed by atoms with van der Waals surface area (Å²) < 4.78 is 38.5. The Morgan fingerprint density at radius 2 is 1.44 bits per heavy atom. The Labute approximate surface area is 103 Å². The molecule has 0 bridgehead atoms. The number of rotatable bonds is 4. The molecule has 2 heterocycles. The highest BCUT2D eigenvalue weighted by molar-refractivity contribution is 4.74. The van der Waals surface area contributed by atoms with Gasteiger partial charge in [-0.15, -0.1) is 10.2 Å². The summed E-state index contributed by atoms with van der Waals surface area (Å²) in [7, 11) is 0. The molecule has 8 heteroatoms. The molecule has 102 valence electrons. The highest BCUT2D eigenvalue weighted by atomic mass is 19.4. The second-order valence-electron chi connectivity index (χ2n) is 4.43. The Morgan fingerprint density at radius 1 is 0.889 bits per heavy atom. The largest absolute Gasteiger partial charge is 0.401 e. The molecule has 0 radical (unpaired) electrons. The van der Waals surface area contributed by atoms with Crippen LogP contribution in [0.5, 0.6) is 0 Å². The van der Waals surface area contributed by atoms with E-state index in [9.17, 15) is 13.2 Å². The average Bonchev–Trinajstić information content (AvgIpc) is 2.79. The molecule has 0 spiro atoms. The van der Waals surface area contributed by atoms with Gasteiger partial charge in [0.1, 0.15) is 12.7 Å². The molecule has 5 nitrogen and oxygen atoms in total. The number of aromatic nitrogens is 3. The van der Waals surface area contributed by atoms with Crippen molar-refractivity contribution in [3.05, 3.63) is 12.7 Å². The van der Waals surface area contributed by atoms with Crippen LogP contribution in [0.15, 0.2) is 12.7 Å². The van der Waals surface area contributed by atoms with Gasteiger partial charge in [0.15, 0.2) is 0 Å². The fourth-order valence-corrected chi connectivity index (χ4v) is 2.02. The van der Waals surface area contributed by atoms with Crippen LogP contribution in [0.25, 0.3) is 0 Å². The Bertz CT molecular complexity index is 343. The van der Waals surface area contributed by atoms with E-state index >= 15 is 0 Å². The van der Waals surface area contributed by atoms with Crippen molar-refractivity contribution in [2.24, 2.45) is 0 Å². The lowest BCUT2D eigenvalue weighted by atomic mass is 10.3. The fourth-order valence-electron chi connectivity index (χ4n) is 2.02. The van der Waals surface area contributed by atoms with Crippen LogP contribution in [0.1, 0.15) is 0 Å². The van der Waals surface area contributed by atoms with E-state index < -0.39 is 12.7 Å². The lowest BCUT2D eigenvalue weighted by Gasteiger charge is -2.34. The second kappa shape index (κ2) is 5.66. The maximum atomic E-state index is 12.2. The summed E-state index contributed by atoms with van der Waals surface area (Å²) in [6, 6.07) is 0. The molecule has 0 amide bonds. The van der Waals surface area contributed by atoms with Gasteiger partial charge in [-0.1, -0.05) is 0 Å². The van der Waals surface area contributed by atoms with Gasteiger partial charge in [-0.05, 0) is 0 Å². The minimum atomic E-state index is -4.09. The lowest BCUT2D eigenvalue weighted by molar-refractivity contribution is -0.149. The summed E-state index contributed by atoms with van der Waals surface area (Å²) >= 11 is 0. The minimum absolute atomic E-state index is 0.474. The van der Waals surface area contributed by atoms with Crippen molar-refractivity contribution in [3.8, 4) is 0 Å². The van der Waals surface area contributed by atoms with Crippen LogP contribution in [0.4, 0.5) is 13.2 Å². The molecule has 2 rings (SSSR count). The van der Waals surface area contributed by atoms with Gasteiger partial charge in [0.05, 0.1) is 6.54 Å². The molecule has 0 unspecified atom stereocenters. The molecule has 1 aliphatic rings. The van der Waals surface area contributed by atoms with Crippen LogP contribution in [-0.2, 0) is 6.54 Å². The van der Waals surface area contributed by atoms with Crippen molar-refractivity contribution in [1.29, 1.82) is 0 Å². The first kappa shape index (κ1) is 13.3. The van der Waals surface area contributed by atoms with Gasteiger partial charge in [-0.2, -0.15) is 13.2 Å². The van der Waals surface area contributed by atoms with Crippen molar-refractivity contribution in [2.45, 2.75) is 12.7 Å². The Hall–Kier alpha value is -1.15. The molecular weight excluding hydrogens is 247 g/mol. The van der Waals surface area contributed by atoms with E-state index in [1.54, 1.807) is 12.7 Å². The number of nitrogens with zero attached hydrogens (tertiary/aromatic N) is 5. The minimum Gasteiger partial charge on any atom is -0.319 e. The summed E-state index contributed by atoms with van der Waals surface area (Å²) in [6.45, 7) is 3.09. The summed E-state index contributed by atoms with van der Waals surface area (Å²) in [5.41, 5.74) is 0. The Kier molecular flexibility index (Phi) is 4.18. The number of alkyl halides is 3. The number of hydrogen-bond acceptors (Lipinski definition) is 4. The van der Waals surface area contributed by atoms with Gasteiger partial charge in [0.2, 0.25) is 0 Å². The van der Waals surface area contributed by atoms with E-state index in [1.807, 2.05) is 4.57 Å². The standard InChI is InChI=1S/C10H16F3N5/c11-10(12,13)7-17-4-1-16(2-5-17)3-6-18-8-14-15-9-18/h8-9H,1-7H2. The van der Waals surface area contributed by atoms with E-state index in [0.29, 0.717) is 26.2 Å². The van der Waals surface area contributed by atoms with Crippen LogP contribution in [-0.4, -0.2) is 70.0 Å². The smallest absolute Gasteiger partial charge is 0.319 e. The van der Waals surface area contributed by atoms with E-state index in [0.717, 1.165) is 13.1 Å². The molecule has 1 fully saturated rings. The molecule has 0 N–H and O–H groups in total. The first-order valence-electron chi connectivity index (χ1n) is 5.87. The molecule has 0 aromatic carbocycles. The normalized spacial score (nSPS) is 19.3. The Morgan fingerprint density at radius 3 is 2.00 bits per heavy atom. The average molecular weight is 263 g/mol. The molecule has 1 aromatic rings. The third kappa shape index (κ3) is 4.26. The van der Waals surface area contributed by atoms with Gasteiger partial charge in [0, 0.05) is 39.3 Å². The summed E-state index contributed by atoms with van der Waals surface area (Å²) in [4.78, 5) is 3.61. The predicted molar refractivity (Wildman–Crippen MR) is 59.0 cm³/mol. The van der Waals surface area contributed by atoms with E-state index in [2.05, 4.69) is 15.1 Å². The van der Waals surface area contributed by atoms with Gasteiger partial charge in [0.25, 0.3) is 0 Å². The third-order valence-electron chi connectivity index (χ3n) is 3.01. The first-order valence-corrected chi connectivity index (χ1v) is 5.87. The van der Waals surface area contributed by atoms with Gasteiger partial charge in [-0.25, -0.2) is 0 Å². The van der Waals surface area contributed by atoms with Crippen molar-refractivity contribution < 1.29 is 13.2 Å². The van der Waals surface area contributed by atoms with E-state index in [4.69, 9.17) is 0 Å². The summed E-state index contributed by atoms with van der Waals surface area (Å²) in [5.74, 6) is 0. The molecule has 0 aliphatic carbocycles. The van der Waals surface area contributed by atoms with Crippen LogP contribution in [0, 0.1) is 0 Å². The van der Waals surface area contributed by atoms with Crippen molar-refractivity contribution in [2.75, 3.05) is 39.3 Å². The Balaban J connectivity index is 1.67. The molecule has 0 saturated carbocycles. The van der Waals surface area contributed by atoms with E-state index in [-0.39, 0.29) is 0 Å². The first-order chi connectivity index (χ1) is 8.53. The van der Waals surface area contributed by atoms with Gasteiger partial charge in [-0.3, -0.25) is 9.80 Å². The molecule has 1 aliphatic heterocycles. The molecule has 1 saturated heterocycles. The summed E-state index contributed by atoms with van der Waals surface area (Å²) in [6.07, 6.45) is -0.815. The zero-order valence-corrected chi connectivity index (χ0v) is 9.97. The van der Waals surface area contributed by atoms with Crippen molar-refractivity contribution in [3.63, 3.8) is 0 Å². The zero-order valence-electron chi connectivity index (χ0n) is 9.97. The molecule has 18 heavy (non-hydrogen) atoms. The fraction of sp³-hybridized carbons (Fsp3) is 0.800. The molecule has 1 aromatic heterocycles.